The highest BCUT2D eigenvalue weighted by atomic mass is 19.1. The summed E-state index contributed by atoms with van der Waals surface area (Å²) in [7, 11) is 0. The fourth-order valence-electron chi connectivity index (χ4n) is 3.58. The zero-order chi connectivity index (χ0) is 18.1. The molecule has 1 atom stereocenters. The van der Waals surface area contributed by atoms with Gasteiger partial charge >= 0.3 is 0 Å². The monoisotopic (exact) mass is 349 g/mol. The van der Waals surface area contributed by atoms with Crippen LogP contribution in [0.5, 0.6) is 5.75 Å². The largest absolute Gasteiger partial charge is 0.478 e. The molecule has 0 aromatic heterocycles. The standard InChI is InChI=1S/C22H20FNO2/c1-2-19(26-20-9-4-3-8-17(20)23)22(25)24-18-13-12-15-11-10-14-6-5-7-16(18)21(14)15/h3-9,12-13,19H,2,10-11H2,1H3,(H,24,25)/t19-/m0/s1. The van der Waals surface area contributed by atoms with Gasteiger partial charge in [0.1, 0.15) is 0 Å². The number of aryl methyl sites for hydroxylation is 2. The van der Waals surface area contributed by atoms with Crippen molar-refractivity contribution in [2.45, 2.75) is 32.3 Å². The van der Waals surface area contributed by atoms with E-state index in [1.807, 2.05) is 25.1 Å². The predicted octanol–water partition coefficient (Wildman–Crippen LogP) is 4.87. The van der Waals surface area contributed by atoms with E-state index in [-0.39, 0.29) is 11.7 Å². The molecule has 1 aliphatic rings. The Labute approximate surface area is 151 Å². The second kappa shape index (κ2) is 6.79. The number of nitrogens with one attached hydrogen (secondary N) is 1. The van der Waals surface area contributed by atoms with Crippen molar-refractivity contribution in [3.05, 3.63) is 71.5 Å². The van der Waals surface area contributed by atoms with Crippen molar-refractivity contribution < 1.29 is 13.9 Å². The Hall–Kier alpha value is -2.88. The summed E-state index contributed by atoms with van der Waals surface area (Å²) >= 11 is 0. The number of hydrogen-bond donors (Lipinski definition) is 1. The fraction of sp³-hybridized carbons (Fsp3) is 0.227. The molecular weight excluding hydrogens is 329 g/mol. The van der Waals surface area contributed by atoms with Crippen LogP contribution >= 0.6 is 0 Å². The van der Waals surface area contributed by atoms with E-state index in [9.17, 15) is 9.18 Å². The van der Waals surface area contributed by atoms with Crippen molar-refractivity contribution in [3.63, 3.8) is 0 Å². The van der Waals surface area contributed by atoms with Crippen molar-refractivity contribution in [1.82, 2.24) is 0 Å². The number of para-hydroxylation sites is 1. The smallest absolute Gasteiger partial charge is 0.265 e. The van der Waals surface area contributed by atoms with Gasteiger partial charge in [-0.05, 0) is 54.0 Å². The predicted molar refractivity (Wildman–Crippen MR) is 101 cm³/mol. The average Bonchev–Trinajstić information content (AvgIpc) is 3.08. The van der Waals surface area contributed by atoms with Gasteiger partial charge < -0.3 is 10.1 Å². The summed E-state index contributed by atoms with van der Waals surface area (Å²) in [5, 5.41) is 5.26. The second-order valence-corrected chi connectivity index (χ2v) is 6.55. The zero-order valence-electron chi connectivity index (χ0n) is 14.6. The lowest BCUT2D eigenvalue weighted by Gasteiger charge is -2.18. The Morgan fingerprint density at radius 3 is 2.62 bits per heavy atom. The van der Waals surface area contributed by atoms with Crippen LogP contribution in [0.15, 0.2) is 54.6 Å². The first-order valence-electron chi connectivity index (χ1n) is 8.93. The zero-order valence-corrected chi connectivity index (χ0v) is 14.6. The molecule has 0 spiro atoms. The Balaban J connectivity index is 1.60. The quantitative estimate of drug-likeness (QED) is 0.713. The second-order valence-electron chi connectivity index (χ2n) is 6.55. The maximum absolute atomic E-state index is 13.8. The molecule has 1 amide bonds. The molecule has 1 aliphatic carbocycles. The van der Waals surface area contributed by atoms with Crippen molar-refractivity contribution >= 4 is 22.4 Å². The normalized spacial score (nSPS) is 13.6. The van der Waals surface area contributed by atoms with Gasteiger partial charge in [0.2, 0.25) is 0 Å². The third-order valence-electron chi connectivity index (χ3n) is 4.90. The molecule has 0 saturated carbocycles. The summed E-state index contributed by atoms with van der Waals surface area (Å²) in [6, 6.07) is 16.3. The molecular formula is C22H20FNO2. The van der Waals surface area contributed by atoms with Crippen LogP contribution in [-0.2, 0) is 17.6 Å². The van der Waals surface area contributed by atoms with Crippen molar-refractivity contribution in [1.29, 1.82) is 0 Å². The summed E-state index contributed by atoms with van der Waals surface area (Å²) < 4.78 is 19.4. The Morgan fingerprint density at radius 2 is 1.85 bits per heavy atom. The SMILES string of the molecule is CC[C@H](Oc1ccccc1F)C(=O)Nc1ccc2c3c(cccc13)CC2. The minimum Gasteiger partial charge on any atom is -0.478 e. The van der Waals surface area contributed by atoms with E-state index in [2.05, 4.69) is 17.4 Å². The van der Waals surface area contributed by atoms with Crippen LogP contribution in [-0.4, -0.2) is 12.0 Å². The summed E-state index contributed by atoms with van der Waals surface area (Å²) in [6.07, 6.45) is 1.77. The van der Waals surface area contributed by atoms with Gasteiger partial charge in [-0.2, -0.15) is 0 Å². The van der Waals surface area contributed by atoms with Crippen LogP contribution in [0.4, 0.5) is 10.1 Å². The lowest BCUT2D eigenvalue weighted by atomic mass is 10.0. The maximum Gasteiger partial charge on any atom is 0.265 e. The number of carbonyl (C=O) groups is 1. The lowest BCUT2D eigenvalue weighted by Crippen LogP contribution is -2.32. The van der Waals surface area contributed by atoms with E-state index in [4.69, 9.17) is 4.74 Å². The lowest BCUT2D eigenvalue weighted by molar-refractivity contribution is -0.122. The van der Waals surface area contributed by atoms with Gasteiger partial charge in [-0.1, -0.05) is 43.3 Å². The molecule has 0 unspecified atom stereocenters. The molecule has 4 rings (SSSR count). The molecule has 4 heteroatoms. The van der Waals surface area contributed by atoms with Gasteiger partial charge in [-0.25, -0.2) is 4.39 Å². The minimum atomic E-state index is -0.755. The Bertz CT molecular complexity index is 973. The maximum atomic E-state index is 13.8. The highest BCUT2D eigenvalue weighted by Crippen LogP contribution is 2.35. The number of anilines is 1. The van der Waals surface area contributed by atoms with Crippen molar-refractivity contribution in [2.75, 3.05) is 5.32 Å². The number of ether oxygens (including phenoxy) is 1. The molecule has 132 valence electrons. The Morgan fingerprint density at radius 1 is 1.08 bits per heavy atom. The molecule has 1 N–H and O–H groups in total. The molecule has 3 nitrogen and oxygen atoms in total. The highest BCUT2D eigenvalue weighted by molar-refractivity contribution is 6.06. The van der Waals surface area contributed by atoms with Crippen LogP contribution in [0.1, 0.15) is 24.5 Å². The first kappa shape index (κ1) is 16.6. The van der Waals surface area contributed by atoms with Gasteiger partial charge in [0.25, 0.3) is 5.91 Å². The summed E-state index contributed by atoms with van der Waals surface area (Å²) in [4.78, 5) is 12.7. The number of amides is 1. The van der Waals surface area contributed by atoms with Gasteiger partial charge in [-0.15, -0.1) is 0 Å². The third-order valence-corrected chi connectivity index (χ3v) is 4.90. The fourth-order valence-corrected chi connectivity index (χ4v) is 3.58. The van der Waals surface area contributed by atoms with E-state index >= 15 is 0 Å². The molecule has 0 fully saturated rings. The highest BCUT2D eigenvalue weighted by Gasteiger charge is 2.22. The number of benzene rings is 3. The molecule has 0 bridgehead atoms. The van der Waals surface area contributed by atoms with Gasteiger partial charge in [0.15, 0.2) is 17.7 Å². The first-order valence-corrected chi connectivity index (χ1v) is 8.93. The van der Waals surface area contributed by atoms with Crippen LogP contribution in [0, 0.1) is 5.82 Å². The van der Waals surface area contributed by atoms with Gasteiger partial charge in [-0.3, -0.25) is 4.79 Å². The topological polar surface area (TPSA) is 38.3 Å². The molecule has 26 heavy (non-hydrogen) atoms. The van der Waals surface area contributed by atoms with Crippen molar-refractivity contribution in [2.24, 2.45) is 0 Å². The van der Waals surface area contributed by atoms with Gasteiger partial charge in [0, 0.05) is 11.1 Å². The third kappa shape index (κ3) is 2.92. The summed E-state index contributed by atoms with van der Waals surface area (Å²) in [6.45, 7) is 1.85. The number of halogens is 1. The molecule has 0 radical (unpaired) electrons. The van der Waals surface area contributed by atoms with Crippen LogP contribution in [0.2, 0.25) is 0 Å². The summed E-state index contributed by atoms with van der Waals surface area (Å²) in [5.74, 6) is -0.645. The van der Waals surface area contributed by atoms with E-state index < -0.39 is 11.9 Å². The van der Waals surface area contributed by atoms with Crippen LogP contribution in [0.25, 0.3) is 10.8 Å². The number of carbonyl (C=O) groups excluding carboxylic acids is 1. The molecule has 0 saturated heterocycles. The minimum absolute atomic E-state index is 0.0925. The van der Waals surface area contributed by atoms with E-state index in [0.717, 1.165) is 23.9 Å². The molecule has 0 aliphatic heterocycles. The number of hydrogen-bond acceptors (Lipinski definition) is 2. The molecule has 0 heterocycles. The van der Waals surface area contributed by atoms with E-state index in [0.29, 0.717) is 6.42 Å². The van der Waals surface area contributed by atoms with Crippen LogP contribution in [0.3, 0.4) is 0 Å². The van der Waals surface area contributed by atoms with Crippen molar-refractivity contribution in [3.8, 4) is 5.75 Å². The molecule has 3 aromatic carbocycles. The average molecular weight is 349 g/mol. The van der Waals surface area contributed by atoms with Crippen LogP contribution < -0.4 is 10.1 Å². The van der Waals surface area contributed by atoms with E-state index in [1.54, 1.807) is 12.1 Å². The number of rotatable bonds is 5. The Kier molecular flexibility index (Phi) is 4.33. The first-order chi connectivity index (χ1) is 12.7. The molecule has 3 aromatic rings. The van der Waals surface area contributed by atoms with E-state index in [1.165, 1.54) is 28.6 Å². The summed E-state index contributed by atoms with van der Waals surface area (Å²) in [5.41, 5.74) is 3.42. The van der Waals surface area contributed by atoms with Gasteiger partial charge in [0.05, 0.1) is 0 Å².